The van der Waals surface area contributed by atoms with Gasteiger partial charge in [0.15, 0.2) is 0 Å². The van der Waals surface area contributed by atoms with Crippen molar-refractivity contribution in [2.45, 2.75) is 13.1 Å². The molecule has 0 radical (unpaired) electrons. The van der Waals surface area contributed by atoms with E-state index in [9.17, 15) is 18.0 Å². The van der Waals surface area contributed by atoms with Crippen molar-refractivity contribution >= 4 is 17.3 Å². The SMILES string of the molecule is CCNc1c(C(=O)Nc2cnoc2)cccc1C(F)(F)F. The minimum Gasteiger partial charge on any atom is -0.384 e. The number of carbonyl (C=O) groups is 1. The second-order valence-corrected chi connectivity index (χ2v) is 4.12. The van der Waals surface area contributed by atoms with Gasteiger partial charge in [-0.1, -0.05) is 11.2 Å². The molecule has 0 aliphatic rings. The maximum atomic E-state index is 13.0. The molecule has 0 saturated carbocycles. The molecule has 1 amide bonds. The zero-order chi connectivity index (χ0) is 15.5. The molecule has 112 valence electrons. The molecular weight excluding hydrogens is 287 g/mol. The Bertz CT molecular complexity index is 624. The molecule has 0 fully saturated rings. The lowest BCUT2D eigenvalue weighted by atomic mass is 10.1. The number of alkyl halides is 3. The van der Waals surface area contributed by atoms with Crippen molar-refractivity contribution in [3.8, 4) is 0 Å². The van der Waals surface area contributed by atoms with E-state index in [4.69, 9.17) is 0 Å². The van der Waals surface area contributed by atoms with Crippen LogP contribution >= 0.6 is 0 Å². The van der Waals surface area contributed by atoms with Crippen LogP contribution in [-0.4, -0.2) is 17.6 Å². The number of aromatic nitrogens is 1. The van der Waals surface area contributed by atoms with Crippen molar-refractivity contribution in [2.24, 2.45) is 0 Å². The second kappa shape index (κ2) is 5.86. The molecule has 0 atom stereocenters. The number of amides is 1. The average Bonchev–Trinajstić information content (AvgIpc) is 2.90. The molecule has 5 nitrogen and oxygen atoms in total. The quantitative estimate of drug-likeness (QED) is 0.908. The van der Waals surface area contributed by atoms with Gasteiger partial charge in [-0.15, -0.1) is 0 Å². The number of hydrogen-bond donors (Lipinski definition) is 2. The van der Waals surface area contributed by atoms with Gasteiger partial charge in [-0.3, -0.25) is 4.79 Å². The second-order valence-electron chi connectivity index (χ2n) is 4.12. The molecule has 0 bridgehead atoms. The van der Waals surface area contributed by atoms with Crippen molar-refractivity contribution in [2.75, 3.05) is 17.2 Å². The Balaban J connectivity index is 2.40. The molecule has 1 heterocycles. The summed E-state index contributed by atoms with van der Waals surface area (Å²) in [4.78, 5) is 12.1. The number of anilines is 2. The molecule has 1 aromatic heterocycles. The van der Waals surface area contributed by atoms with Gasteiger partial charge in [0.05, 0.1) is 23.0 Å². The molecule has 2 N–H and O–H groups in total. The molecular formula is C13H12F3N3O2. The Morgan fingerprint density at radius 1 is 1.38 bits per heavy atom. The fourth-order valence-corrected chi connectivity index (χ4v) is 1.81. The Morgan fingerprint density at radius 3 is 2.71 bits per heavy atom. The van der Waals surface area contributed by atoms with Crippen LogP contribution in [0.25, 0.3) is 0 Å². The Hall–Kier alpha value is -2.51. The zero-order valence-electron chi connectivity index (χ0n) is 11.0. The fourth-order valence-electron chi connectivity index (χ4n) is 1.81. The number of hydrogen-bond acceptors (Lipinski definition) is 4. The molecule has 0 aliphatic carbocycles. The number of nitrogens with zero attached hydrogens (tertiary/aromatic N) is 1. The third-order valence-electron chi connectivity index (χ3n) is 2.66. The number of nitrogens with one attached hydrogen (secondary N) is 2. The van der Waals surface area contributed by atoms with Gasteiger partial charge in [-0.05, 0) is 19.1 Å². The number of benzene rings is 1. The van der Waals surface area contributed by atoms with E-state index < -0.39 is 17.6 Å². The summed E-state index contributed by atoms with van der Waals surface area (Å²) >= 11 is 0. The van der Waals surface area contributed by atoms with Crippen LogP contribution in [0.4, 0.5) is 24.5 Å². The number of halogens is 3. The lowest BCUT2D eigenvalue weighted by Gasteiger charge is -2.17. The van der Waals surface area contributed by atoms with E-state index in [2.05, 4.69) is 20.3 Å². The van der Waals surface area contributed by atoms with Crippen molar-refractivity contribution in [3.63, 3.8) is 0 Å². The third-order valence-corrected chi connectivity index (χ3v) is 2.66. The number of carbonyl (C=O) groups excluding carboxylic acids is 1. The van der Waals surface area contributed by atoms with Gasteiger partial charge in [-0.25, -0.2) is 0 Å². The highest BCUT2D eigenvalue weighted by Crippen LogP contribution is 2.36. The summed E-state index contributed by atoms with van der Waals surface area (Å²) in [6, 6.07) is 3.43. The highest BCUT2D eigenvalue weighted by Gasteiger charge is 2.35. The van der Waals surface area contributed by atoms with Crippen LogP contribution in [0.1, 0.15) is 22.8 Å². The van der Waals surface area contributed by atoms with Crippen LogP contribution in [-0.2, 0) is 6.18 Å². The normalized spacial score (nSPS) is 11.2. The molecule has 8 heteroatoms. The van der Waals surface area contributed by atoms with Gasteiger partial charge in [0.25, 0.3) is 5.91 Å². The minimum atomic E-state index is -4.55. The predicted molar refractivity (Wildman–Crippen MR) is 70.1 cm³/mol. The third kappa shape index (κ3) is 3.33. The van der Waals surface area contributed by atoms with E-state index >= 15 is 0 Å². The first-order valence-corrected chi connectivity index (χ1v) is 6.08. The summed E-state index contributed by atoms with van der Waals surface area (Å²) in [6.45, 7) is 1.90. The van der Waals surface area contributed by atoms with Crippen molar-refractivity contribution in [3.05, 3.63) is 41.8 Å². The Morgan fingerprint density at radius 2 is 2.14 bits per heavy atom. The predicted octanol–water partition coefficient (Wildman–Crippen LogP) is 3.38. The lowest BCUT2D eigenvalue weighted by Crippen LogP contribution is -2.18. The van der Waals surface area contributed by atoms with Gasteiger partial charge in [-0.2, -0.15) is 13.2 Å². The monoisotopic (exact) mass is 299 g/mol. The smallest absolute Gasteiger partial charge is 0.384 e. The van der Waals surface area contributed by atoms with Crippen molar-refractivity contribution in [1.82, 2.24) is 5.16 Å². The van der Waals surface area contributed by atoms with Gasteiger partial charge in [0.2, 0.25) is 0 Å². The molecule has 0 saturated heterocycles. The minimum absolute atomic E-state index is 0.104. The van der Waals surface area contributed by atoms with E-state index in [-0.39, 0.29) is 23.5 Å². The molecule has 2 aromatic rings. The molecule has 0 unspecified atom stereocenters. The fraction of sp³-hybridized carbons (Fsp3) is 0.231. The van der Waals surface area contributed by atoms with Crippen LogP contribution in [0.15, 0.2) is 35.2 Å². The van der Waals surface area contributed by atoms with E-state index in [0.29, 0.717) is 0 Å². The molecule has 21 heavy (non-hydrogen) atoms. The number of para-hydroxylation sites is 1. The lowest BCUT2D eigenvalue weighted by molar-refractivity contribution is -0.136. The van der Waals surface area contributed by atoms with E-state index in [1.165, 1.54) is 24.6 Å². The summed E-state index contributed by atoms with van der Waals surface area (Å²) in [5, 5.41) is 8.40. The average molecular weight is 299 g/mol. The Kier molecular flexibility index (Phi) is 4.15. The largest absolute Gasteiger partial charge is 0.418 e. The van der Waals surface area contributed by atoms with Crippen LogP contribution in [0.2, 0.25) is 0 Å². The van der Waals surface area contributed by atoms with E-state index in [0.717, 1.165) is 6.07 Å². The summed E-state index contributed by atoms with van der Waals surface area (Å²) in [7, 11) is 0. The van der Waals surface area contributed by atoms with Crippen molar-refractivity contribution < 1.29 is 22.5 Å². The topological polar surface area (TPSA) is 67.2 Å². The van der Waals surface area contributed by atoms with E-state index in [1.807, 2.05) is 0 Å². The number of rotatable bonds is 4. The van der Waals surface area contributed by atoms with Crippen LogP contribution in [0.3, 0.4) is 0 Å². The van der Waals surface area contributed by atoms with E-state index in [1.54, 1.807) is 6.92 Å². The first kappa shape index (κ1) is 14.9. The van der Waals surface area contributed by atoms with Gasteiger partial charge >= 0.3 is 6.18 Å². The summed E-state index contributed by atoms with van der Waals surface area (Å²) < 4.78 is 43.5. The van der Waals surface area contributed by atoms with Crippen molar-refractivity contribution in [1.29, 1.82) is 0 Å². The highest BCUT2D eigenvalue weighted by molar-refractivity contribution is 6.08. The van der Waals surface area contributed by atoms with Gasteiger partial charge in [0.1, 0.15) is 12.0 Å². The Labute approximate surface area is 118 Å². The van der Waals surface area contributed by atoms with Crippen LogP contribution < -0.4 is 10.6 Å². The zero-order valence-corrected chi connectivity index (χ0v) is 11.0. The van der Waals surface area contributed by atoms with Crippen LogP contribution in [0, 0.1) is 0 Å². The first-order chi connectivity index (χ1) is 9.93. The molecule has 0 spiro atoms. The van der Waals surface area contributed by atoms with Gasteiger partial charge in [0, 0.05) is 6.54 Å². The molecule has 1 aromatic carbocycles. The highest BCUT2D eigenvalue weighted by atomic mass is 19.4. The van der Waals surface area contributed by atoms with Crippen LogP contribution in [0.5, 0.6) is 0 Å². The molecule has 0 aliphatic heterocycles. The van der Waals surface area contributed by atoms with Gasteiger partial charge < -0.3 is 15.2 Å². The maximum Gasteiger partial charge on any atom is 0.418 e. The summed E-state index contributed by atoms with van der Waals surface area (Å²) in [5.41, 5.74) is -0.975. The first-order valence-electron chi connectivity index (χ1n) is 6.08. The maximum absolute atomic E-state index is 13.0. The standard InChI is InChI=1S/C13H12F3N3O2/c1-2-17-11-9(4-3-5-10(11)13(14,15)16)12(20)19-8-6-18-21-7-8/h3-7,17H,2H2,1H3,(H,19,20). The summed E-state index contributed by atoms with van der Waals surface area (Å²) in [5.74, 6) is -0.680. The molecule has 2 rings (SSSR count). The summed E-state index contributed by atoms with van der Waals surface area (Å²) in [6.07, 6.45) is -2.12.